The van der Waals surface area contributed by atoms with E-state index < -0.39 is 0 Å². The molecule has 1 aliphatic heterocycles. The highest BCUT2D eigenvalue weighted by molar-refractivity contribution is 5.95. The molecule has 1 aliphatic carbocycles. The Kier molecular flexibility index (Phi) is 3.66. The van der Waals surface area contributed by atoms with Gasteiger partial charge < -0.3 is 14.8 Å². The van der Waals surface area contributed by atoms with E-state index in [0.29, 0.717) is 36.2 Å². The summed E-state index contributed by atoms with van der Waals surface area (Å²) in [5.41, 5.74) is 1.77. The molecule has 4 rings (SSSR count). The first-order valence-corrected chi connectivity index (χ1v) is 8.07. The normalized spacial score (nSPS) is 17.4. The summed E-state index contributed by atoms with van der Waals surface area (Å²) >= 11 is 0. The second kappa shape index (κ2) is 5.95. The van der Waals surface area contributed by atoms with Gasteiger partial charge in [0.25, 0.3) is 5.91 Å². The molecule has 0 aromatic heterocycles. The summed E-state index contributed by atoms with van der Waals surface area (Å²) in [4.78, 5) is 12.6. The Bertz CT molecular complexity index is 710. The molecule has 0 bridgehead atoms. The minimum atomic E-state index is -0.0669. The lowest BCUT2D eigenvalue weighted by Crippen LogP contribution is -2.30. The first kappa shape index (κ1) is 14.1. The van der Waals surface area contributed by atoms with E-state index in [1.807, 2.05) is 18.2 Å². The zero-order valence-corrected chi connectivity index (χ0v) is 12.8. The quantitative estimate of drug-likeness (QED) is 0.942. The average molecular weight is 309 g/mol. The maximum absolute atomic E-state index is 12.6. The predicted octanol–water partition coefficient (Wildman–Crippen LogP) is 3.34. The van der Waals surface area contributed by atoms with Gasteiger partial charge in [-0.15, -0.1) is 0 Å². The molecule has 1 atom stereocenters. The van der Waals surface area contributed by atoms with Crippen LogP contribution >= 0.6 is 0 Å². The number of hydrogen-bond donors (Lipinski definition) is 1. The van der Waals surface area contributed by atoms with Crippen molar-refractivity contribution in [3.63, 3.8) is 0 Å². The summed E-state index contributed by atoms with van der Waals surface area (Å²) in [6, 6.07) is 15.6. The highest BCUT2D eigenvalue weighted by atomic mass is 16.6. The maximum Gasteiger partial charge on any atom is 0.251 e. The number of benzene rings is 2. The second-order valence-corrected chi connectivity index (χ2v) is 6.06. The molecule has 4 heteroatoms. The molecule has 1 heterocycles. The predicted molar refractivity (Wildman–Crippen MR) is 86.8 cm³/mol. The van der Waals surface area contributed by atoms with E-state index in [0.717, 1.165) is 0 Å². The number of carbonyl (C=O) groups excluding carboxylic acids is 1. The maximum atomic E-state index is 12.6. The van der Waals surface area contributed by atoms with E-state index in [2.05, 4.69) is 17.4 Å². The van der Waals surface area contributed by atoms with Gasteiger partial charge in [0.05, 0.1) is 6.04 Å². The monoisotopic (exact) mass is 309 g/mol. The Morgan fingerprint density at radius 2 is 1.74 bits per heavy atom. The summed E-state index contributed by atoms with van der Waals surface area (Å²) in [7, 11) is 0. The molecular formula is C19H19NO3. The third kappa shape index (κ3) is 3.02. The molecule has 1 amide bonds. The summed E-state index contributed by atoms with van der Waals surface area (Å²) < 4.78 is 11.1. The molecule has 2 aromatic rings. The third-order valence-electron chi connectivity index (χ3n) is 4.34. The smallest absolute Gasteiger partial charge is 0.251 e. The Labute approximate surface area is 135 Å². The summed E-state index contributed by atoms with van der Waals surface area (Å²) in [5.74, 6) is 1.82. The van der Waals surface area contributed by atoms with Crippen molar-refractivity contribution >= 4 is 5.91 Å². The van der Waals surface area contributed by atoms with Crippen molar-refractivity contribution in [2.45, 2.75) is 18.9 Å². The highest BCUT2D eigenvalue weighted by Crippen LogP contribution is 2.41. The fourth-order valence-corrected chi connectivity index (χ4v) is 2.97. The van der Waals surface area contributed by atoms with Crippen molar-refractivity contribution in [1.29, 1.82) is 0 Å². The fraction of sp³-hybridized carbons (Fsp3) is 0.316. The molecule has 118 valence electrons. The molecule has 23 heavy (non-hydrogen) atoms. The Balaban J connectivity index is 1.54. The van der Waals surface area contributed by atoms with Crippen molar-refractivity contribution in [2.24, 2.45) is 5.92 Å². The molecule has 0 radical (unpaired) electrons. The number of rotatable bonds is 4. The van der Waals surface area contributed by atoms with Crippen molar-refractivity contribution < 1.29 is 14.3 Å². The van der Waals surface area contributed by atoms with E-state index in [1.54, 1.807) is 18.2 Å². The zero-order valence-electron chi connectivity index (χ0n) is 12.8. The van der Waals surface area contributed by atoms with Gasteiger partial charge in [-0.3, -0.25) is 4.79 Å². The van der Waals surface area contributed by atoms with Crippen molar-refractivity contribution in [1.82, 2.24) is 5.32 Å². The number of carbonyl (C=O) groups is 1. The van der Waals surface area contributed by atoms with Gasteiger partial charge in [0.2, 0.25) is 0 Å². The van der Waals surface area contributed by atoms with Gasteiger partial charge in [-0.25, -0.2) is 0 Å². The molecule has 1 unspecified atom stereocenters. The van der Waals surface area contributed by atoms with Gasteiger partial charge in [-0.1, -0.05) is 30.3 Å². The molecule has 2 aromatic carbocycles. The van der Waals surface area contributed by atoms with Gasteiger partial charge in [-0.05, 0) is 42.5 Å². The lowest BCUT2D eigenvalue weighted by atomic mass is 10.0. The van der Waals surface area contributed by atoms with E-state index in [9.17, 15) is 4.79 Å². The minimum absolute atomic E-state index is 0.0669. The number of amides is 1. The summed E-state index contributed by atoms with van der Waals surface area (Å²) in [6.07, 6.45) is 2.34. The standard InChI is InChI=1S/C19H19NO3/c21-19(15-8-9-16-17(12-15)23-11-10-22-16)20-18(14-6-7-14)13-4-2-1-3-5-13/h1-5,8-9,12,14,18H,6-7,10-11H2,(H,20,21). The number of ether oxygens (including phenoxy) is 2. The first-order chi connectivity index (χ1) is 11.3. The van der Waals surface area contributed by atoms with E-state index in [-0.39, 0.29) is 11.9 Å². The van der Waals surface area contributed by atoms with Gasteiger partial charge in [0.1, 0.15) is 13.2 Å². The lowest BCUT2D eigenvalue weighted by molar-refractivity contribution is 0.0930. The average Bonchev–Trinajstić information content (AvgIpc) is 3.44. The van der Waals surface area contributed by atoms with Crippen LogP contribution < -0.4 is 14.8 Å². The third-order valence-corrected chi connectivity index (χ3v) is 4.34. The van der Waals surface area contributed by atoms with Crippen LogP contribution in [0.25, 0.3) is 0 Å². The Hall–Kier alpha value is -2.49. The molecule has 1 saturated carbocycles. The van der Waals surface area contributed by atoms with E-state index >= 15 is 0 Å². The number of fused-ring (bicyclic) bond motifs is 1. The lowest BCUT2D eigenvalue weighted by Gasteiger charge is -2.21. The van der Waals surface area contributed by atoms with Crippen LogP contribution in [-0.4, -0.2) is 19.1 Å². The SMILES string of the molecule is O=C(NC(c1ccccc1)C1CC1)c1ccc2c(c1)OCCO2. The van der Waals surface area contributed by atoms with Crippen LogP contribution in [0.15, 0.2) is 48.5 Å². The van der Waals surface area contributed by atoms with Gasteiger partial charge in [0.15, 0.2) is 11.5 Å². The van der Waals surface area contributed by atoms with Crippen LogP contribution in [0.4, 0.5) is 0 Å². The molecule has 2 aliphatic rings. The second-order valence-electron chi connectivity index (χ2n) is 6.06. The van der Waals surface area contributed by atoms with E-state index in [1.165, 1.54) is 18.4 Å². The molecular weight excluding hydrogens is 290 g/mol. The van der Waals surface area contributed by atoms with Crippen LogP contribution in [0.2, 0.25) is 0 Å². The largest absolute Gasteiger partial charge is 0.486 e. The van der Waals surface area contributed by atoms with Crippen molar-refractivity contribution in [3.05, 3.63) is 59.7 Å². The molecule has 4 nitrogen and oxygen atoms in total. The van der Waals surface area contributed by atoms with Gasteiger partial charge in [-0.2, -0.15) is 0 Å². The Morgan fingerprint density at radius 1 is 1.00 bits per heavy atom. The minimum Gasteiger partial charge on any atom is -0.486 e. The number of hydrogen-bond acceptors (Lipinski definition) is 3. The summed E-state index contributed by atoms with van der Waals surface area (Å²) in [6.45, 7) is 1.07. The van der Waals surface area contributed by atoms with Gasteiger partial charge >= 0.3 is 0 Å². The van der Waals surface area contributed by atoms with Crippen molar-refractivity contribution in [3.8, 4) is 11.5 Å². The molecule has 1 N–H and O–H groups in total. The molecule has 0 saturated heterocycles. The summed E-state index contributed by atoms with van der Waals surface area (Å²) in [5, 5.41) is 3.18. The first-order valence-electron chi connectivity index (χ1n) is 8.07. The van der Waals surface area contributed by atoms with E-state index in [4.69, 9.17) is 9.47 Å². The van der Waals surface area contributed by atoms with Crippen LogP contribution in [0, 0.1) is 5.92 Å². The van der Waals surface area contributed by atoms with Crippen LogP contribution in [0.3, 0.4) is 0 Å². The highest BCUT2D eigenvalue weighted by Gasteiger charge is 2.33. The fourth-order valence-electron chi connectivity index (χ4n) is 2.97. The number of nitrogens with one attached hydrogen (secondary N) is 1. The van der Waals surface area contributed by atoms with Crippen LogP contribution in [0.1, 0.15) is 34.8 Å². The Morgan fingerprint density at radius 3 is 2.48 bits per heavy atom. The molecule has 1 fully saturated rings. The zero-order chi connectivity index (χ0) is 15.6. The topological polar surface area (TPSA) is 47.6 Å². The van der Waals surface area contributed by atoms with Crippen LogP contribution in [0.5, 0.6) is 11.5 Å². The van der Waals surface area contributed by atoms with Crippen LogP contribution in [-0.2, 0) is 0 Å². The van der Waals surface area contributed by atoms with Crippen molar-refractivity contribution in [2.75, 3.05) is 13.2 Å². The van der Waals surface area contributed by atoms with Gasteiger partial charge in [0, 0.05) is 5.56 Å². The molecule has 0 spiro atoms.